The number of carboxylic acid groups (broad SMARTS) is 1. The summed E-state index contributed by atoms with van der Waals surface area (Å²) in [6, 6.07) is 5.82. The SMILES string of the molecule is CC(C)(C)OC(=O)N(C(=O)OC(C)(C)C)c1nccc2ccc(-n3nc(C(=O)O)cc3C(F)(F)F)cc12. The van der Waals surface area contributed by atoms with Crippen LogP contribution in [0, 0.1) is 0 Å². The maximum absolute atomic E-state index is 13.7. The van der Waals surface area contributed by atoms with E-state index in [1.54, 1.807) is 41.5 Å². The van der Waals surface area contributed by atoms with Gasteiger partial charge in [-0.15, -0.1) is 0 Å². The highest BCUT2D eigenvalue weighted by Gasteiger charge is 2.38. The van der Waals surface area contributed by atoms with Crippen molar-refractivity contribution in [1.82, 2.24) is 14.8 Å². The van der Waals surface area contributed by atoms with Crippen LogP contribution >= 0.6 is 0 Å². The Balaban J connectivity index is 2.25. The van der Waals surface area contributed by atoms with E-state index in [0.717, 1.165) is 0 Å². The first-order chi connectivity index (χ1) is 16.9. The van der Waals surface area contributed by atoms with Crippen LogP contribution in [0.3, 0.4) is 0 Å². The lowest BCUT2D eigenvalue weighted by atomic mass is 10.1. The van der Waals surface area contributed by atoms with Gasteiger partial charge in [-0.3, -0.25) is 0 Å². The van der Waals surface area contributed by atoms with Gasteiger partial charge in [0.05, 0.1) is 5.69 Å². The van der Waals surface area contributed by atoms with Gasteiger partial charge in [0.25, 0.3) is 0 Å². The molecule has 13 heteroatoms. The molecule has 0 saturated carbocycles. The third-order valence-corrected chi connectivity index (χ3v) is 4.56. The first-order valence-corrected chi connectivity index (χ1v) is 10.9. The van der Waals surface area contributed by atoms with Crippen LogP contribution in [0.15, 0.2) is 36.5 Å². The molecule has 0 unspecified atom stereocenters. The summed E-state index contributed by atoms with van der Waals surface area (Å²) < 4.78 is 52.1. The number of benzene rings is 1. The van der Waals surface area contributed by atoms with Crippen molar-refractivity contribution in [3.8, 4) is 5.69 Å². The van der Waals surface area contributed by atoms with Crippen LogP contribution in [0.5, 0.6) is 0 Å². The van der Waals surface area contributed by atoms with Crippen LogP contribution in [0.25, 0.3) is 16.5 Å². The van der Waals surface area contributed by atoms with Crippen LogP contribution in [0.4, 0.5) is 28.6 Å². The van der Waals surface area contributed by atoms with Gasteiger partial charge in [0.2, 0.25) is 0 Å². The number of amides is 2. The van der Waals surface area contributed by atoms with E-state index in [0.29, 0.717) is 21.0 Å². The highest BCUT2D eigenvalue weighted by molar-refractivity contribution is 6.14. The normalized spacial score (nSPS) is 12.4. The number of alkyl halides is 3. The third-order valence-electron chi connectivity index (χ3n) is 4.56. The molecule has 2 amide bonds. The molecule has 0 fully saturated rings. The van der Waals surface area contributed by atoms with Gasteiger partial charge in [-0.05, 0) is 65.1 Å². The predicted molar refractivity (Wildman–Crippen MR) is 126 cm³/mol. The average molecular weight is 522 g/mol. The fourth-order valence-electron chi connectivity index (χ4n) is 3.20. The molecule has 198 valence electrons. The monoisotopic (exact) mass is 522 g/mol. The molecule has 3 rings (SSSR count). The molecule has 0 saturated heterocycles. The standard InChI is InChI=1S/C24H25F3N4O6/c1-22(2,3)36-20(34)30(21(35)37-23(4,5)6)18-15-11-14(8-7-13(15)9-10-28-18)31-17(24(25,26)27)12-16(29-31)19(32)33/h7-12H,1-6H3,(H,32,33). The number of carboxylic acids is 1. The fourth-order valence-corrected chi connectivity index (χ4v) is 3.20. The predicted octanol–water partition coefficient (Wildman–Crippen LogP) is 5.81. The molecule has 2 aromatic heterocycles. The van der Waals surface area contributed by atoms with E-state index >= 15 is 0 Å². The van der Waals surface area contributed by atoms with Crippen molar-refractivity contribution in [2.45, 2.75) is 58.9 Å². The molecule has 0 aliphatic rings. The Morgan fingerprint density at radius 1 is 0.919 bits per heavy atom. The number of carbonyl (C=O) groups is 3. The van der Waals surface area contributed by atoms with Crippen molar-refractivity contribution in [2.75, 3.05) is 4.90 Å². The molecule has 0 atom stereocenters. The molecule has 2 heterocycles. The third kappa shape index (κ3) is 6.35. The minimum absolute atomic E-state index is 0.0808. The van der Waals surface area contributed by atoms with Crippen molar-refractivity contribution in [3.05, 3.63) is 47.9 Å². The second-order valence-corrected chi connectivity index (χ2v) is 9.97. The van der Waals surface area contributed by atoms with E-state index in [1.807, 2.05) is 0 Å². The minimum atomic E-state index is -4.92. The van der Waals surface area contributed by atoms with E-state index in [-0.39, 0.29) is 16.9 Å². The summed E-state index contributed by atoms with van der Waals surface area (Å²) >= 11 is 0. The first-order valence-electron chi connectivity index (χ1n) is 10.9. The number of imide groups is 1. The molecule has 0 aliphatic carbocycles. The number of hydrogen-bond acceptors (Lipinski definition) is 7. The molecular weight excluding hydrogens is 497 g/mol. The molecule has 0 radical (unpaired) electrons. The van der Waals surface area contributed by atoms with E-state index in [2.05, 4.69) is 10.1 Å². The van der Waals surface area contributed by atoms with Crippen LogP contribution < -0.4 is 4.90 Å². The first kappa shape index (κ1) is 27.4. The molecule has 0 bridgehead atoms. The minimum Gasteiger partial charge on any atom is -0.476 e. The van der Waals surface area contributed by atoms with Crippen molar-refractivity contribution in [1.29, 1.82) is 0 Å². The van der Waals surface area contributed by atoms with Gasteiger partial charge in [0, 0.05) is 17.6 Å². The van der Waals surface area contributed by atoms with E-state index in [1.165, 1.54) is 30.5 Å². The zero-order chi connectivity index (χ0) is 27.9. The number of carbonyl (C=O) groups excluding carboxylic acids is 2. The van der Waals surface area contributed by atoms with Gasteiger partial charge in [-0.1, -0.05) is 6.07 Å². The summed E-state index contributed by atoms with van der Waals surface area (Å²) in [4.78, 5) is 42.1. The fraction of sp³-hybridized carbons (Fsp3) is 0.375. The summed E-state index contributed by atoms with van der Waals surface area (Å²) in [5.74, 6) is -1.91. The molecule has 1 N–H and O–H groups in total. The van der Waals surface area contributed by atoms with Crippen molar-refractivity contribution >= 4 is 34.7 Å². The Kier molecular flexibility index (Phi) is 6.95. The number of fused-ring (bicyclic) bond motifs is 1. The van der Waals surface area contributed by atoms with Crippen molar-refractivity contribution in [2.24, 2.45) is 0 Å². The smallest absolute Gasteiger partial charge is 0.433 e. The van der Waals surface area contributed by atoms with Crippen LogP contribution in [-0.4, -0.2) is 49.2 Å². The number of anilines is 1. The van der Waals surface area contributed by atoms with Crippen LogP contribution in [-0.2, 0) is 15.7 Å². The molecule has 1 aromatic carbocycles. The Morgan fingerprint density at radius 2 is 1.49 bits per heavy atom. The van der Waals surface area contributed by atoms with Crippen molar-refractivity contribution < 1.29 is 42.1 Å². The van der Waals surface area contributed by atoms with E-state index in [9.17, 15) is 27.6 Å². The zero-order valence-corrected chi connectivity index (χ0v) is 20.9. The number of nitrogens with zero attached hydrogens (tertiary/aromatic N) is 4. The zero-order valence-electron chi connectivity index (χ0n) is 20.9. The highest BCUT2D eigenvalue weighted by atomic mass is 19.4. The molecule has 3 aromatic rings. The largest absolute Gasteiger partial charge is 0.476 e. The summed E-state index contributed by atoms with van der Waals surface area (Å²) in [5, 5.41) is 13.2. The van der Waals surface area contributed by atoms with Gasteiger partial charge >= 0.3 is 24.3 Å². The molecule has 0 aliphatic heterocycles. The molecular formula is C24H25F3N4O6. The summed E-state index contributed by atoms with van der Waals surface area (Å²) in [5.41, 5.74) is -4.34. The van der Waals surface area contributed by atoms with Gasteiger partial charge in [-0.2, -0.15) is 23.2 Å². The number of hydrogen-bond donors (Lipinski definition) is 1. The second kappa shape index (κ2) is 9.37. The molecule has 37 heavy (non-hydrogen) atoms. The average Bonchev–Trinajstić information content (AvgIpc) is 3.17. The number of rotatable bonds is 3. The van der Waals surface area contributed by atoms with Crippen LogP contribution in [0.1, 0.15) is 57.7 Å². The van der Waals surface area contributed by atoms with Gasteiger partial charge in [0.1, 0.15) is 16.9 Å². The molecule has 0 spiro atoms. The van der Waals surface area contributed by atoms with E-state index < -0.39 is 46.9 Å². The lowest BCUT2D eigenvalue weighted by molar-refractivity contribution is -0.142. The van der Waals surface area contributed by atoms with Gasteiger partial charge in [-0.25, -0.2) is 24.0 Å². The maximum Gasteiger partial charge on any atom is 0.433 e. The molecule has 10 nitrogen and oxygen atoms in total. The number of ether oxygens (including phenoxy) is 2. The Bertz CT molecular complexity index is 1340. The van der Waals surface area contributed by atoms with Crippen LogP contribution in [0.2, 0.25) is 0 Å². The lowest BCUT2D eigenvalue weighted by Gasteiger charge is -2.28. The lowest BCUT2D eigenvalue weighted by Crippen LogP contribution is -2.44. The quantitative estimate of drug-likeness (QED) is 0.457. The topological polar surface area (TPSA) is 124 Å². The Hall–Kier alpha value is -4.16. The number of pyridine rings is 1. The number of aromatic nitrogens is 3. The van der Waals surface area contributed by atoms with Crippen molar-refractivity contribution in [3.63, 3.8) is 0 Å². The highest BCUT2D eigenvalue weighted by Crippen LogP contribution is 2.34. The number of aromatic carboxylic acids is 1. The summed E-state index contributed by atoms with van der Waals surface area (Å²) in [6.07, 6.45) is -5.85. The Morgan fingerprint density at radius 3 is 1.97 bits per heavy atom. The Labute approximate surface area is 209 Å². The van der Waals surface area contributed by atoms with Gasteiger partial charge in [0.15, 0.2) is 11.5 Å². The summed E-state index contributed by atoms with van der Waals surface area (Å²) in [7, 11) is 0. The maximum atomic E-state index is 13.7. The van der Waals surface area contributed by atoms with E-state index in [4.69, 9.17) is 14.6 Å². The second-order valence-electron chi connectivity index (χ2n) is 9.97. The summed E-state index contributed by atoms with van der Waals surface area (Å²) in [6.45, 7) is 9.52. The van der Waals surface area contributed by atoms with Gasteiger partial charge < -0.3 is 14.6 Å². The number of halogens is 3.